The predicted molar refractivity (Wildman–Crippen MR) is 47.9 cm³/mol. The molecular formula is C9H19NO2. The Morgan fingerprint density at radius 1 is 1.42 bits per heavy atom. The van der Waals surface area contributed by atoms with Crippen LogP contribution in [0, 0.1) is 11.3 Å². The summed E-state index contributed by atoms with van der Waals surface area (Å²) in [6.07, 6.45) is 0. The highest BCUT2D eigenvalue weighted by molar-refractivity contribution is 4.89. The number of hydrogen-bond acceptors (Lipinski definition) is 3. The molecule has 0 aliphatic carbocycles. The molecule has 0 radical (unpaired) electrons. The van der Waals surface area contributed by atoms with E-state index in [4.69, 9.17) is 10.2 Å². The molecule has 0 saturated carbocycles. The maximum Gasteiger partial charge on any atom is 0.0558 e. The van der Waals surface area contributed by atoms with Gasteiger partial charge in [-0.1, -0.05) is 13.8 Å². The van der Waals surface area contributed by atoms with Crippen molar-refractivity contribution in [1.29, 1.82) is 0 Å². The Labute approximate surface area is 74.0 Å². The molecule has 3 nitrogen and oxygen atoms in total. The summed E-state index contributed by atoms with van der Waals surface area (Å²) in [6.45, 7) is 7.46. The van der Waals surface area contributed by atoms with Gasteiger partial charge in [0.2, 0.25) is 0 Å². The van der Waals surface area contributed by atoms with E-state index in [0.29, 0.717) is 5.92 Å². The number of aliphatic hydroxyl groups is 2. The summed E-state index contributed by atoms with van der Waals surface area (Å²) in [4.78, 5) is 2.21. The van der Waals surface area contributed by atoms with E-state index in [1.54, 1.807) is 0 Å². The van der Waals surface area contributed by atoms with Crippen LogP contribution in [0.3, 0.4) is 0 Å². The van der Waals surface area contributed by atoms with E-state index in [0.717, 1.165) is 19.6 Å². The molecule has 3 heteroatoms. The normalized spacial score (nSPS) is 29.5. The summed E-state index contributed by atoms with van der Waals surface area (Å²) >= 11 is 0. The van der Waals surface area contributed by atoms with E-state index in [1.807, 2.05) is 0 Å². The van der Waals surface area contributed by atoms with Crippen molar-refractivity contribution >= 4 is 0 Å². The highest BCUT2D eigenvalue weighted by atomic mass is 16.3. The summed E-state index contributed by atoms with van der Waals surface area (Å²) < 4.78 is 0. The Morgan fingerprint density at radius 3 is 2.50 bits per heavy atom. The smallest absolute Gasteiger partial charge is 0.0558 e. The Morgan fingerprint density at radius 2 is 2.08 bits per heavy atom. The maximum absolute atomic E-state index is 9.10. The zero-order valence-electron chi connectivity index (χ0n) is 7.95. The number of rotatable bonds is 3. The number of nitrogens with zero attached hydrogens (tertiary/aromatic N) is 1. The van der Waals surface area contributed by atoms with Crippen LogP contribution in [0.1, 0.15) is 13.8 Å². The van der Waals surface area contributed by atoms with Crippen molar-refractivity contribution in [3.63, 3.8) is 0 Å². The van der Waals surface area contributed by atoms with Crippen molar-refractivity contribution < 1.29 is 10.2 Å². The van der Waals surface area contributed by atoms with Gasteiger partial charge in [-0.05, 0) is 5.41 Å². The van der Waals surface area contributed by atoms with E-state index in [-0.39, 0.29) is 18.6 Å². The van der Waals surface area contributed by atoms with Crippen LogP contribution in [0.15, 0.2) is 0 Å². The summed E-state index contributed by atoms with van der Waals surface area (Å²) in [6, 6.07) is 0. The van der Waals surface area contributed by atoms with Gasteiger partial charge in [0.1, 0.15) is 0 Å². The minimum atomic E-state index is 0.198. The molecule has 1 heterocycles. The number of hydrogen-bond donors (Lipinski definition) is 2. The van der Waals surface area contributed by atoms with E-state index in [2.05, 4.69) is 18.7 Å². The van der Waals surface area contributed by atoms with E-state index >= 15 is 0 Å². The van der Waals surface area contributed by atoms with Crippen LogP contribution in [0.4, 0.5) is 0 Å². The van der Waals surface area contributed by atoms with Gasteiger partial charge in [0.05, 0.1) is 6.61 Å². The molecule has 2 N–H and O–H groups in total. The van der Waals surface area contributed by atoms with Crippen LogP contribution in [-0.2, 0) is 0 Å². The molecule has 0 aromatic carbocycles. The topological polar surface area (TPSA) is 43.7 Å². The minimum absolute atomic E-state index is 0.198. The molecule has 1 atom stereocenters. The lowest BCUT2D eigenvalue weighted by molar-refractivity contribution is 0.161. The van der Waals surface area contributed by atoms with Gasteiger partial charge in [0.15, 0.2) is 0 Å². The SMILES string of the molecule is CC1(C)CN(CCO)C[C@H]1CO. The third-order valence-electron chi connectivity index (χ3n) is 2.85. The third kappa shape index (κ3) is 1.97. The summed E-state index contributed by atoms with van der Waals surface area (Å²) in [5, 5.41) is 17.9. The van der Waals surface area contributed by atoms with Gasteiger partial charge < -0.3 is 15.1 Å². The number of aliphatic hydroxyl groups excluding tert-OH is 2. The molecule has 1 rings (SSSR count). The molecule has 12 heavy (non-hydrogen) atoms. The van der Waals surface area contributed by atoms with Crippen molar-refractivity contribution in [2.75, 3.05) is 32.8 Å². The summed E-state index contributed by atoms with van der Waals surface area (Å²) in [5.74, 6) is 0.365. The Kier molecular flexibility index (Phi) is 3.09. The van der Waals surface area contributed by atoms with Crippen LogP contribution in [-0.4, -0.2) is 48.0 Å². The summed E-state index contributed by atoms with van der Waals surface area (Å²) in [7, 11) is 0. The largest absolute Gasteiger partial charge is 0.396 e. The molecule has 0 bridgehead atoms. The summed E-state index contributed by atoms with van der Waals surface area (Å²) in [5.41, 5.74) is 0.198. The molecule has 1 saturated heterocycles. The fraction of sp³-hybridized carbons (Fsp3) is 1.00. The number of β-amino-alcohol motifs (C(OH)–C–C–N with tert-alkyl or cyclic N) is 1. The van der Waals surface area contributed by atoms with Gasteiger partial charge in [0, 0.05) is 32.2 Å². The highest BCUT2D eigenvalue weighted by Crippen LogP contribution is 2.34. The molecule has 72 valence electrons. The van der Waals surface area contributed by atoms with Crippen molar-refractivity contribution in [2.24, 2.45) is 11.3 Å². The van der Waals surface area contributed by atoms with Gasteiger partial charge in [-0.3, -0.25) is 0 Å². The van der Waals surface area contributed by atoms with Gasteiger partial charge in [-0.2, -0.15) is 0 Å². The Balaban J connectivity index is 2.48. The fourth-order valence-corrected chi connectivity index (χ4v) is 1.95. The van der Waals surface area contributed by atoms with Gasteiger partial charge in [-0.25, -0.2) is 0 Å². The second kappa shape index (κ2) is 3.73. The maximum atomic E-state index is 9.10. The zero-order chi connectivity index (χ0) is 9.19. The molecule has 0 aromatic heterocycles. The minimum Gasteiger partial charge on any atom is -0.396 e. The molecule has 1 fully saturated rings. The molecule has 0 aromatic rings. The Hall–Kier alpha value is -0.120. The molecule has 0 spiro atoms. The first kappa shape index (κ1) is 9.96. The van der Waals surface area contributed by atoms with E-state index in [1.165, 1.54) is 0 Å². The highest BCUT2D eigenvalue weighted by Gasteiger charge is 2.38. The zero-order valence-corrected chi connectivity index (χ0v) is 7.95. The first-order valence-electron chi connectivity index (χ1n) is 4.54. The lowest BCUT2D eigenvalue weighted by Gasteiger charge is -2.23. The van der Waals surface area contributed by atoms with Gasteiger partial charge in [0.25, 0.3) is 0 Å². The van der Waals surface area contributed by atoms with Gasteiger partial charge >= 0.3 is 0 Å². The lowest BCUT2D eigenvalue weighted by Crippen LogP contribution is -2.26. The number of likely N-dealkylation sites (tertiary alicyclic amines) is 1. The predicted octanol–water partition coefficient (Wildman–Crippen LogP) is -0.0710. The molecule has 1 aliphatic heterocycles. The molecular weight excluding hydrogens is 154 g/mol. The lowest BCUT2D eigenvalue weighted by atomic mass is 9.83. The van der Waals surface area contributed by atoms with Crippen LogP contribution >= 0.6 is 0 Å². The fourth-order valence-electron chi connectivity index (χ4n) is 1.95. The average Bonchev–Trinajstić information content (AvgIpc) is 2.25. The standard InChI is InChI=1S/C9H19NO2/c1-9(2)7-10(3-4-11)5-8(9)6-12/h8,11-12H,3-7H2,1-2H3/t8-/m0/s1. The van der Waals surface area contributed by atoms with Gasteiger partial charge in [-0.15, -0.1) is 0 Å². The van der Waals surface area contributed by atoms with Crippen molar-refractivity contribution in [2.45, 2.75) is 13.8 Å². The molecule has 0 unspecified atom stereocenters. The van der Waals surface area contributed by atoms with E-state index in [9.17, 15) is 0 Å². The monoisotopic (exact) mass is 173 g/mol. The quantitative estimate of drug-likeness (QED) is 0.628. The van der Waals surface area contributed by atoms with Crippen LogP contribution in [0.2, 0.25) is 0 Å². The average molecular weight is 173 g/mol. The van der Waals surface area contributed by atoms with Crippen LogP contribution in [0.5, 0.6) is 0 Å². The van der Waals surface area contributed by atoms with Crippen molar-refractivity contribution in [1.82, 2.24) is 4.90 Å². The first-order valence-corrected chi connectivity index (χ1v) is 4.54. The second-order valence-electron chi connectivity index (χ2n) is 4.33. The molecule has 1 aliphatic rings. The second-order valence-corrected chi connectivity index (χ2v) is 4.33. The Bertz CT molecular complexity index is 147. The van der Waals surface area contributed by atoms with Crippen LogP contribution in [0.25, 0.3) is 0 Å². The third-order valence-corrected chi connectivity index (χ3v) is 2.85. The van der Waals surface area contributed by atoms with Crippen molar-refractivity contribution in [3.8, 4) is 0 Å². The molecule has 0 amide bonds. The first-order chi connectivity index (χ1) is 5.60. The van der Waals surface area contributed by atoms with E-state index < -0.39 is 0 Å². The van der Waals surface area contributed by atoms with Crippen LogP contribution < -0.4 is 0 Å². The van der Waals surface area contributed by atoms with Crippen molar-refractivity contribution in [3.05, 3.63) is 0 Å².